The number of hydrogen-bond donors (Lipinski definition) is 1. The highest BCUT2D eigenvalue weighted by Gasteiger charge is 2.31. The molecule has 0 amide bonds. The standard InChI is InChI=1S/C22H23F4N7O/c1-22(25,26)14-8-19(28-20(9-14)32-6-4-31(5-7-32)16-11-34-12-16)29-21-27-13-33(30-21)15-2-3-17(23)18(24)10-15/h2-3,8-10,13,16H,4-7,11-12H2,1H3,(H,28,29,30). The molecule has 0 saturated carbocycles. The number of ether oxygens (including phenoxy) is 1. The molecule has 0 atom stereocenters. The monoisotopic (exact) mass is 477 g/mol. The molecule has 1 aromatic carbocycles. The predicted molar refractivity (Wildman–Crippen MR) is 117 cm³/mol. The zero-order valence-electron chi connectivity index (χ0n) is 18.4. The number of hydrogen-bond acceptors (Lipinski definition) is 7. The van der Waals surface area contributed by atoms with Crippen LogP contribution in [0.5, 0.6) is 0 Å². The highest BCUT2D eigenvalue weighted by molar-refractivity contribution is 5.56. The van der Waals surface area contributed by atoms with Crippen molar-refractivity contribution in [1.29, 1.82) is 0 Å². The SMILES string of the molecule is CC(F)(F)c1cc(Nc2ncn(-c3ccc(F)c(F)c3)n2)nc(N2CCN(C3COC3)CC2)c1. The van der Waals surface area contributed by atoms with Crippen molar-refractivity contribution in [1.82, 2.24) is 24.6 Å². The molecule has 180 valence electrons. The quantitative estimate of drug-likeness (QED) is 0.547. The third-order valence-electron chi connectivity index (χ3n) is 5.99. The molecule has 8 nitrogen and oxygen atoms in total. The fraction of sp³-hybridized carbons (Fsp3) is 0.409. The Bertz CT molecular complexity index is 1170. The summed E-state index contributed by atoms with van der Waals surface area (Å²) < 4.78 is 61.7. The van der Waals surface area contributed by atoms with Crippen LogP contribution in [0.25, 0.3) is 5.69 Å². The Labute approximate surface area is 193 Å². The third kappa shape index (κ3) is 4.68. The number of anilines is 3. The van der Waals surface area contributed by atoms with Crippen molar-refractivity contribution in [2.45, 2.75) is 18.9 Å². The summed E-state index contributed by atoms with van der Waals surface area (Å²) in [5.74, 6) is -4.39. The van der Waals surface area contributed by atoms with E-state index in [2.05, 4.69) is 25.3 Å². The van der Waals surface area contributed by atoms with Gasteiger partial charge in [-0.25, -0.2) is 27.2 Å². The normalized spacial score (nSPS) is 17.6. The van der Waals surface area contributed by atoms with Crippen LogP contribution in [-0.4, -0.2) is 70.1 Å². The van der Waals surface area contributed by atoms with E-state index < -0.39 is 17.6 Å². The molecule has 0 spiro atoms. The van der Waals surface area contributed by atoms with Crippen LogP contribution in [0.2, 0.25) is 0 Å². The van der Waals surface area contributed by atoms with Gasteiger partial charge in [0, 0.05) is 44.7 Å². The number of piperazine rings is 1. The maximum absolute atomic E-state index is 14.2. The summed E-state index contributed by atoms with van der Waals surface area (Å²) in [6.45, 7) is 5.20. The van der Waals surface area contributed by atoms with Crippen molar-refractivity contribution >= 4 is 17.6 Å². The predicted octanol–water partition coefficient (Wildman–Crippen LogP) is 3.32. The van der Waals surface area contributed by atoms with Crippen molar-refractivity contribution in [3.8, 4) is 5.69 Å². The van der Waals surface area contributed by atoms with Crippen LogP contribution in [0.1, 0.15) is 12.5 Å². The lowest BCUT2D eigenvalue weighted by atomic mass is 10.1. The van der Waals surface area contributed by atoms with Crippen molar-refractivity contribution in [3.63, 3.8) is 0 Å². The number of nitrogens with one attached hydrogen (secondary N) is 1. The summed E-state index contributed by atoms with van der Waals surface area (Å²) in [6.07, 6.45) is 1.30. The topological polar surface area (TPSA) is 71.3 Å². The van der Waals surface area contributed by atoms with E-state index in [9.17, 15) is 17.6 Å². The summed E-state index contributed by atoms with van der Waals surface area (Å²) in [5, 5.41) is 7.02. The number of aromatic nitrogens is 4. The Morgan fingerprint density at radius 2 is 1.79 bits per heavy atom. The minimum atomic E-state index is -3.07. The van der Waals surface area contributed by atoms with Crippen LogP contribution in [0, 0.1) is 11.6 Å². The van der Waals surface area contributed by atoms with E-state index in [-0.39, 0.29) is 23.0 Å². The largest absolute Gasteiger partial charge is 0.378 e. The number of rotatable bonds is 6. The first-order valence-electron chi connectivity index (χ1n) is 10.9. The van der Waals surface area contributed by atoms with Crippen LogP contribution >= 0.6 is 0 Å². The lowest BCUT2D eigenvalue weighted by Crippen LogP contribution is -2.56. The Hall–Kier alpha value is -3.25. The molecular formula is C22H23F4N7O. The second-order valence-electron chi connectivity index (χ2n) is 8.44. The smallest absolute Gasteiger partial charge is 0.270 e. The van der Waals surface area contributed by atoms with Crippen LogP contribution in [0.4, 0.5) is 35.1 Å². The number of nitrogens with zero attached hydrogens (tertiary/aromatic N) is 6. The number of alkyl halides is 2. The maximum Gasteiger partial charge on any atom is 0.270 e. The van der Waals surface area contributed by atoms with E-state index in [0.717, 1.165) is 45.4 Å². The lowest BCUT2D eigenvalue weighted by molar-refractivity contribution is -0.0661. The Balaban J connectivity index is 1.36. The van der Waals surface area contributed by atoms with E-state index in [1.165, 1.54) is 29.2 Å². The molecule has 0 aliphatic carbocycles. The van der Waals surface area contributed by atoms with E-state index in [4.69, 9.17) is 4.74 Å². The van der Waals surface area contributed by atoms with E-state index in [0.29, 0.717) is 24.9 Å². The van der Waals surface area contributed by atoms with Crippen LogP contribution in [-0.2, 0) is 10.7 Å². The molecule has 34 heavy (non-hydrogen) atoms. The highest BCUT2D eigenvalue weighted by atomic mass is 19.3. The Morgan fingerprint density at radius 3 is 2.44 bits per heavy atom. The van der Waals surface area contributed by atoms with Gasteiger partial charge in [-0.3, -0.25) is 4.90 Å². The fourth-order valence-electron chi connectivity index (χ4n) is 3.93. The summed E-state index contributed by atoms with van der Waals surface area (Å²) in [6, 6.07) is 6.40. The molecule has 2 saturated heterocycles. The first-order valence-corrected chi connectivity index (χ1v) is 10.9. The van der Waals surface area contributed by atoms with Crippen molar-refractivity contribution in [2.75, 3.05) is 49.6 Å². The van der Waals surface area contributed by atoms with Gasteiger partial charge in [-0.05, 0) is 24.3 Å². The van der Waals surface area contributed by atoms with Gasteiger partial charge in [-0.2, -0.15) is 4.98 Å². The van der Waals surface area contributed by atoms with Gasteiger partial charge < -0.3 is 15.0 Å². The second kappa shape index (κ2) is 8.84. The van der Waals surface area contributed by atoms with Gasteiger partial charge in [0.1, 0.15) is 18.0 Å². The highest BCUT2D eigenvalue weighted by Crippen LogP contribution is 2.32. The Kier molecular flexibility index (Phi) is 5.86. The third-order valence-corrected chi connectivity index (χ3v) is 5.99. The molecule has 2 fully saturated rings. The van der Waals surface area contributed by atoms with E-state index >= 15 is 0 Å². The maximum atomic E-state index is 14.2. The Morgan fingerprint density at radius 1 is 1.03 bits per heavy atom. The molecule has 2 aromatic heterocycles. The molecule has 2 aliphatic heterocycles. The molecule has 3 aromatic rings. The minimum absolute atomic E-state index is 0.0783. The molecule has 4 heterocycles. The van der Waals surface area contributed by atoms with E-state index in [1.807, 2.05) is 4.90 Å². The van der Waals surface area contributed by atoms with Crippen LogP contribution in [0.3, 0.4) is 0 Å². The van der Waals surface area contributed by atoms with Gasteiger partial charge in [-0.1, -0.05) is 0 Å². The van der Waals surface area contributed by atoms with Gasteiger partial charge in [0.05, 0.1) is 24.9 Å². The molecular weight excluding hydrogens is 454 g/mol. The van der Waals surface area contributed by atoms with Crippen LogP contribution < -0.4 is 10.2 Å². The average molecular weight is 477 g/mol. The van der Waals surface area contributed by atoms with Crippen molar-refractivity contribution < 1.29 is 22.3 Å². The summed E-state index contributed by atoms with van der Waals surface area (Å²) >= 11 is 0. The van der Waals surface area contributed by atoms with E-state index in [1.54, 1.807) is 0 Å². The van der Waals surface area contributed by atoms with Gasteiger partial charge in [0.2, 0.25) is 5.95 Å². The van der Waals surface area contributed by atoms with Crippen molar-refractivity contribution in [2.24, 2.45) is 0 Å². The second-order valence-corrected chi connectivity index (χ2v) is 8.44. The fourth-order valence-corrected chi connectivity index (χ4v) is 3.93. The molecule has 0 radical (unpaired) electrons. The number of pyridine rings is 1. The number of halogens is 4. The van der Waals surface area contributed by atoms with Gasteiger partial charge in [0.25, 0.3) is 5.92 Å². The lowest BCUT2D eigenvalue weighted by Gasteiger charge is -2.43. The first kappa shape index (κ1) is 22.5. The van der Waals surface area contributed by atoms with Gasteiger partial charge in [0.15, 0.2) is 11.6 Å². The summed E-state index contributed by atoms with van der Waals surface area (Å²) in [7, 11) is 0. The first-order chi connectivity index (χ1) is 16.3. The molecule has 12 heteroatoms. The van der Waals surface area contributed by atoms with Gasteiger partial charge >= 0.3 is 0 Å². The summed E-state index contributed by atoms with van der Waals surface area (Å²) in [5.41, 5.74) is 0.0755. The molecule has 5 rings (SSSR count). The summed E-state index contributed by atoms with van der Waals surface area (Å²) in [4.78, 5) is 12.9. The molecule has 1 N–H and O–H groups in total. The number of benzene rings is 1. The molecule has 0 unspecified atom stereocenters. The molecule has 2 aliphatic rings. The zero-order chi connectivity index (χ0) is 23.9. The zero-order valence-corrected chi connectivity index (χ0v) is 18.4. The van der Waals surface area contributed by atoms with Gasteiger partial charge in [-0.15, -0.1) is 5.10 Å². The minimum Gasteiger partial charge on any atom is -0.378 e. The van der Waals surface area contributed by atoms with Crippen molar-refractivity contribution in [3.05, 3.63) is 53.9 Å². The molecule has 0 bridgehead atoms. The van der Waals surface area contributed by atoms with Crippen LogP contribution in [0.15, 0.2) is 36.7 Å². The average Bonchev–Trinajstić information content (AvgIpc) is 3.22.